The lowest BCUT2D eigenvalue weighted by molar-refractivity contribution is 0.471. The predicted octanol–water partition coefficient (Wildman–Crippen LogP) is 3.79. The normalized spacial score (nSPS) is 10.3. The van der Waals surface area contributed by atoms with Gasteiger partial charge in [0.2, 0.25) is 0 Å². The molecule has 0 spiro atoms. The van der Waals surface area contributed by atoms with Crippen molar-refractivity contribution >= 4 is 21.8 Å². The maximum Gasteiger partial charge on any atom is 0.148 e. The lowest BCUT2D eigenvalue weighted by Gasteiger charge is -2.13. The van der Waals surface area contributed by atoms with Crippen molar-refractivity contribution in [3.05, 3.63) is 51.8 Å². The Bertz CT molecular complexity index is 656. The van der Waals surface area contributed by atoms with Gasteiger partial charge < -0.3 is 10.5 Å². The van der Waals surface area contributed by atoms with E-state index in [1.807, 2.05) is 32.0 Å². The van der Waals surface area contributed by atoms with E-state index in [1.165, 1.54) is 0 Å². The molecule has 0 amide bonds. The number of aromatic nitrogens is 1. The smallest absolute Gasteiger partial charge is 0.148 e. The van der Waals surface area contributed by atoms with E-state index in [2.05, 4.69) is 20.9 Å². The number of aryl methyl sites for hydroxylation is 2. The Morgan fingerprint density at radius 2 is 2.00 bits per heavy atom. The van der Waals surface area contributed by atoms with Gasteiger partial charge in [0.15, 0.2) is 0 Å². The molecule has 1 aromatic heterocycles. The number of nitrogens with zero attached hydrogens (tertiary/aromatic N) is 1. The number of rotatable bonds is 4. The highest BCUT2D eigenvalue weighted by molar-refractivity contribution is 9.10. The molecule has 0 aliphatic rings. The molecule has 1 heterocycles. The van der Waals surface area contributed by atoms with Crippen molar-refractivity contribution in [3.63, 3.8) is 0 Å². The summed E-state index contributed by atoms with van der Waals surface area (Å²) < 4.78 is 6.75. The quantitative estimate of drug-likeness (QED) is 0.660. The number of halogens is 1. The number of benzene rings is 1. The van der Waals surface area contributed by atoms with E-state index in [1.54, 1.807) is 12.1 Å². The van der Waals surface area contributed by atoms with Crippen LogP contribution < -0.4 is 10.5 Å². The molecule has 2 rings (SSSR count). The van der Waals surface area contributed by atoms with E-state index >= 15 is 0 Å². The summed E-state index contributed by atoms with van der Waals surface area (Å²) in [6.45, 7) is 3.98. The van der Waals surface area contributed by atoms with Crippen LogP contribution in [0.5, 0.6) is 11.5 Å². The zero-order valence-electron chi connectivity index (χ0n) is 11.4. The van der Waals surface area contributed by atoms with Crippen LogP contribution >= 0.6 is 15.9 Å². The minimum atomic E-state index is -0.0283. The van der Waals surface area contributed by atoms with E-state index < -0.39 is 0 Å². The predicted molar refractivity (Wildman–Crippen MR) is 83.6 cm³/mol. The Kier molecular flexibility index (Phi) is 4.39. The Morgan fingerprint density at radius 3 is 2.65 bits per heavy atom. The molecule has 1 aromatic carbocycles. The van der Waals surface area contributed by atoms with Crippen LogP contribution in [-0.4, -0.2) is 10.8 Å². The third-order valence-electron chi connectivity index (χ3n) is 2.86. The highest BCUT2D eigenvalue weighted by Gasteiger charge is 2.11. The van der Waals surface area contributed by atoms with Crippen molar-refractivity contribution in [2.45, 2.75) is 20.3 Å². The standard InChI is InChI=1S/C15H16BrN3O/c1-3-12-14(6-4-9(2)19-12)20-13-7-5-10(16)8-11(13)15(17)18/h4-8H,3H2,1-2H3,(H3,17,18). The second-order valence-corrected chi connectivity index (χ2v) is 5.32. The Labute approximate surface area is 126 Å². The lowest BCUT2D eigenvalue weighted by Crippen LogP contribution is -2.12. The van der Waals surface area contributed by atoms with E-state index in [-0.39, 0.29) is 5.84 Å². The number of hydrogen-bond acceptors (Lipinski definition) is 3. The van der Waals surface area contributed by atoms with Crippen LogP contribution in [0.2, 0.25) is 0 Å². The minimum absolute atomic E-state index is 0.0283. The third-order valence-corrected chi connectivity index (χ3v) is 3.35. The SMILES string of the molecule is CCc1nc(C)ccc1Oc1ccc(Br)cc1C(=N)N. The van der Waals surface area contributed by atoms with Crippen molar-refractivity contribution < 1.29 is 4.74 Å². The van der Waals surface area contributed by atoms with Gasteiger partial charge in [-0.05, 0) is 43.7 Å². The summed E-state index contributed by atoms with van der Waals surface area (Å²) in [6, 6.07) is 9.22. The summed E-state index contributed by atoms with van der Waals surface area (Å²) in [4.78, 5) is 4.46. The zero-order chi connectivity index (χ0) is 14.7. The van der Waals surface area contributed by atoms with Crippen LogP contribution in [0, 0.1) is 12.3 Å². The molecule has 0 aliphatic carbocycles. The average molecular weight is 334 g/mol. The van der Waals surface area contributed by atoms with Crippen LogP contribution in [-0.2, 0) is 6.42 Å². The highest BCUT2D eigenvalue weighted by Crippen LogP contribution is 2.29. The monoisotopic (exact) mass is 333 g/mol. The summed E-state index contributed by atoms with van der Waals surface area (Å²) in [5.41, 5.74) is 8.00. The van der Waals surface area contributed by atoms with Crippen LogP contribution in [0.4, 0.5) is 0 Å². The van der Waals surface area contributed by atoms with Gasteiger partial charge in [0.05, 0.1) is 11.3 Å². The summed E-state index contributed by atoms with van der Waals surface area (Å²) in [6.07, 6.45) is 0.781. The molecule has 0 radical (unpaired) electrons. The van der Waals surface area contributed by atoms with Gasteiger partial charge in [0, 0.05) is 10.2 Å². The molecule has 0 fully saturated rings. The molecule has 0 saturated carbocycles. The molecule has 0 saturated heterocycles. The van der Waals surface area contributed by atoms with E-state index in [0.717, 1.165) is 22.3 Å². The molecule has 0 unspecified atom stereocenters. The van der Waals surface area contributed by atoms with E-state index in [4.69, 9.17) is 15.9 Å². The summed E-state index contributed by atoms with van der Waals surface area (Å²) >= 11 is 3.37. The van der Waals surface area contributed by atoms with Gasteiger partial charge in [0.25, 0.3) is 0 Å². The lowest BCUT2D eigenvalue weighted by atomic mass is 10.2. The van der Waals surface area contributed by atoms with Gasteiger partial charge in [-0.2, -0.15) is 0 Å². The summed E-state index contributed by atoms with van der Waals surface area (Å²) in [5, 5.41) is 7.63. The number of nitrogens with one attached hydrogen (secondary N) is 1. The second kappa shape index (κ2) is 6.05. The third kappa shape index (κ3) is 3.17. The fourth-order valence-electron chi connectivity index (χ4n) is 1.86. The number of nitrogen functional groups attached to an aromatic ring is 1. The molecule has 3 N–H and O–H groups in total. The molecule has 2 aromatic rings. The van der Waals surface area contributed by atoms with Crippen LogP contribution in [0.3, 0.4) is 0 Å². The van der Waals surface area contributed by atoms with Crippen molar-refractivity contribution in [2.24, 2.45) is 5.73 Å². The van der Waals surface area contributed by atoms with Gasteiger partial charge in [-0.25, -0.2) is 0 Å². The van der Waals surface area contributed by atoms with Crippen molar-refractivity contribution in [1.82, 2.24) is 4.98 Å². The van der Waals surface area contributed by atoms with Crippen molar-refractivity contribution in [2.75, 3.05) is 0 Å². The zero-order valence-corrected chi connectivity index (χ0v) is 13.0. The first kappa shape index (κ1) is 14.5. The Balaban J connectivity index is 2.42. The Hall–Kier alpha value is -1.88. The maximum absolute atomic E-state index is 7.63. The van der Waals surface area contributed by atoms with Gasteiger partial charge in [0.1, 0.15) is 17.3 Å². The fraction of sp³-hybridized carbons (Fsp3) is 0.200. The topological polar surface area (TPSA) is 72.0 Å². The Morgan fingerprint density at radius 1 is 1.30 bits per heavy atom. The number of amidine groups is 1. The van der Waals surface area contributed by atoms with Gasteiger partial charge >= 0.3 is 0 Å². The molecule has 104 valence electrons. The summed E-state index contributed by atoms with van der Waals surface area (Å²) in [5.74, 6) is 1.23. The van der Waals surface area contributed by atoms with E-state index in [0.29, 0.717) is 17.1 Å². The molecular weight excluding hydrogens is 318 g/mol. The number of nitrogens with two attached hydrogens (primary N) is 1. The fourth-order valence-corrected chi connectivity index (χ4v) is 2.23. The molecule has 0 atom stereocenters. The first-order valence-corrected chi connectivity index (χ1v) is 7.09. The summed E-state index contributed by atoms with van der Waals surface area (Å²) in [7, 11) is 0. The number of pyridine rings is 1. The van der Waals surface area contributed by atoms with Crippen LogP contribution in [0.15, 0.2) is 34.8 Å². The maximum atomic E-state index is 7.63. The van der Waals surface area contributed by atoms with Crippen LogP contribution in [0.25, 0.3) is 0 Å². The molecule has 4 nitrogen and oxygen atoms in total. The van der Waals surface area contributed by atoms with Gasteiger partial charge in [-0.1, -0.05) is 22.9 Å². The van der Waals surface area contributed by atoms with Crippen molar-refractivity contribution in [3.8, 4) is 11.5 Å². The molecule has 0 bridgehead atoms. The van der Waals surface area contributed by atoms with Crippen molar-refractivity contribution in [1.29, 1.82) is 5.41 Å². The van der Waals surface area contributed by atoms with E-state index in [9.17, 15) is 0 Å². The van der Waals surface area contributed by atoms with Gasteiger partial charge in [-0.3, -0.25) is 10.4 Å². The van der Waals surface area contributed by atoms with Gasteiger partial charge in [-0.15, -0.1) is 0 Å². The highest BCUT2D eigenvalue weighted by atomic mass is 79.9. The van der Waals surface area contributed by atoms with Crippen LogP contribution in [0.1, 0.15) is 23.9 Å². The molecule has 20 heavy (non-hydrogen) atoms. The largest absolute Gasteiger partial charge is 0.455 e. The molecule has 5 heteroatoms. The first-order valence-electron chi connectivity index (χ1n) is 6.29. The minimum Gasteiger partial charge on any atom is -0.455 e. The number of hydrogen-bond donors (Lipinski definition) is 2. The first-order chi connectivity index (χ1) is 9.51. The molecule has 0 aliphatic heterocycles. The molecular formula is C15H16BrN3O. The second-order valence-electron chi connectivity index (χ2n) is 4.41. The number of ether oxygens (including phenoxy) is 1. The average Bonchev–Trinajstić information content (AvgIpc) is 2.42.